The third-order valence-electron chi connectivity index (χ3n) is 6.61. The summed E-state index contributed by atoms with van der Waals surface area (Å²) in [6, 6.07) is 11.6. The van der Waals surface area contributed by atoms with Gasteiger partial charge >= 0.3 is 6.16 Å². The van der Waals surface area contributed by atoms with E-state index in [9.17, 15) is 4.79 Å². The molecule has 1 amide bonds. The summed E-state index contributed by atoms with van der Waals surface area (Å²) < 4.78 is 6.02. The van der Waals surface area contributed by atoms with E-state index in [2.05, 4.69) is 15.2 Å². The van der Waals surface area contributed by atoms with Gasteiger partial charge in [-0.1, -0.05) is 36.9 Å². The van der Waals surface area contributed by atoms with Gasteiger partial charge in [-0.3, -0.25) is 9.78 Å². The minimum atomic E-state index is -1.83. The van der Waals surface area contributed by atoms with Gasteiger partial charge in [-0.15, -0.1) is 12.4 Å². The van der Waals surface area contributed by atoms with Crippen LogP contribution in [0.5, 0.6) is 5.75 Å². The van der Waals surface area contributed by atoms with Crippen molar-refractivity contribution < 1.29 is 24.5 Å². The molecule has 1 aromatic carbocycles. The summed E-state index contributed by atoms with van der Waals surface area (Å²) in [6.45, 7) is 3.54. The lowest BCUT2D eigenvalue weighted by molar-refractivity contribution is 0.0922. The lowest BCUT2D eigenvalue weighted by Gasteiger charge is -2.22. The monoisotopic (exact) mass is 604 g/mol. The molecule has 0 bridgehead atoms. The summed E-state index contributed by atoms with van der Waals surface area (Å²) >= 11 is 6.47. The van der Waals surface area contributed by atoms with Crippen molar-refractivity contribution in [1.29, 1.82) is 0 Å². The van der Waals surface area contributed by atoms with E-state index in [0.717, 1.165) is 60.9 Å². The first-order valence-corrected chi connectivity index (χ1v) is 13.8. The Morgan fingerprint density at radius 1 is 1.07 bits per heavy atom. The number of nitrogens with zero attached hydrogens (tertiary/aromatic N) is 3. The molecule has 0 radical (unpaired) electrons. The van der Waals surface area contributed by atoms with Crippen molar-refractivity contribution in [3.63, 3.8) is 0 Å². The number of hydrogen-bond donors (Lipinski definition) is 3. The maximum Gasteiger partial charge on any atom is 0.503 e. The summed E-state index contributed by atoms with van der Waals surface area (Å²) in [4.78, 5) is 33.0. The van der Waals surface area contributed by atoms with Crippen LogP contribution in [0.3, 0.4) is 0 Å². The largest absolute Gasteiger partial charge is 0.503 e. The minimum Gasteiger partial charge on any atom is -0.492 e. The molecule has 222 valence electrons. The number of rotatable bonds is 9. The van der Waals surface area contributed by atoms with Crippen LogP contribution in [-0.2, 0) is 0 Å². The highest BCUT2D eigenvalue weighted by atomic mass is 35.5. The molecular weight excluding hydrogens is 567 g/mol. The predicted molar refractivity (Wildman–Crippen MR) is 164 cm³/mol. The summed E-state index contributed by atoms with van der Waals surface area (Å²) in [5.41, 5.74) is 4.92. The average molecular weight is 606 g/mol. The second-order valence-corrected chi connectivity index (χ2v) is 10.4. The van der Waals surface area contributed by atoms with Crippen LogP contribution in [0.15, 0.2) is 48.8 Å². The molecule has 0 spiro atoms. The molecule has 3 aromatic rings. The molecular formula is C30H38Cl2N4O5. The lowest BCUT2D eigenvalue weighted by Crippen LogP contribution is -2.36. The molecule has 1 aliphatic rings. The Balaban J connectivity index is 0.00000110. The fraction of sp³-hybridized carbons (Fsp3) is 0.400. The molecule has 11 heteroatoms. The molecule has 2 heterocycles. The van der Waals surface area contributed by atoms with Crippen LogP contribution in [0.1, 0.15) is 54.6 Å². The van der Waals surface area contributed by atoms with Crippen LogP contribution in [0.25, 0.3) is 22.4 Å². The van der Waals surface area contributed by atoms with E-state index in [4.69, 9.17) is 36.3 Å². The highest BCUT2D eigenvalue weighted by Gasteiger charge is 2.20. The number of ether oxygens (including phenoxy) is 1. The summed E-state index contributed by atoms with van der Waals surface area (Å²) in [5, 5.41) is 17.7. The second-order valence-electron chi connectivity index (χ2n) is 10.0. The quantitative estimate of drug-likeness (QED) is 0.227. The molecule has 0 atom stereocenters. The maximum atomic E-state index is 13.1. The molecule has 0 unspecified atom stereocenters. The number of hydrogen-bond acceptors (Lipinski definition) is 6. The molecule has 4 rings (SSSR count). The van der Waals surface area contributed by atoms with Crippen molar-refractivity contribution in [2.45, 2.75) is 51.5 Å². The highest BCUT2D eigenvalue weighted by Crippen LogP contribution is 2.36. The fourth-order valence-electron chi connectivity index (χ4n) is 4.60. The third-order valence-corrected chi connectivity index (χ3v) is 6.92. The number of pyridine rings is 2. The number of carbonyl (C=O) groups is 2. The number of halogens is 2. The SMILES string of the molecule is Cc1ccncc1-c1ccc(C(=O)NC2CCCCC2)nc1-c1ccc(Cl)c(OCCCN(C)C)c1.Cl.O=C(O)O. The zero-order valence-electron chi connectivity index (χ0n) is 23.6. The van der Waals surface area contributed by atoms with Gasteiger partial charge in [0.2, 0.25) is 0 Å². The zero-order chi connectivity index (χ0) is 29.1. The number of amides is 1. The van der Waals surface area contributed by atoms with Gasteiger partial charge < -0.3 is 25.2 Å². The Hall–Kier alpha value is -3.40. The van der Waals surface area contributed by atoms with Crippen molar-refractivity contribution in [3.8, 4) is 28.1 Å². The lowest BCUT2D eigenvalue weighted by atomic mass is 9.95. The first kappa shape index (κ1) is 33.8. The van der Waals surface area contributed by atoms with Gasteiger partial charge in [-0.25, -0.2) is 9.78 Å². The molecule has 9 nitrogen and oxygen atoms in total. The standard InChI is InChI=1S/C29H35ClN4O2.CH2O3.ClH/c1-20-14-15-31-19-24(20)23-11-13-26(29(35)32-22-8-5-4-6-9-22)33-28(23)21-10-12-25(30)27(18-21)36-17-7-16-34(2)3;2-1(3)4;/h10-15,18-19,22H,4-9,16-17H2,1-3H3,(H,32,35);(H2,2,3,4);1H. The van der Waals surface area contributed by atoms with Gasteiger partial charge in [-0.05, 0) is 76.2 Å². The Morgan fingerprint density at radius 2 is 1.78 bits per heavy atom. The Morgan fingerprint density at radius 3 is 2.44 bits per heavy atom. The van der Waals surface area contributed by atoms with Crippen molar-refractivity contribution >= 4 is 36.1 Å². The van der Waals surface area contributed by atoms with E-state index in [-0.39, 0.29) is 24.4 Å². The maximum absolute atomic E-state index is 13.1. The van der Waals surface area contributed by atoms with Gasteiger partial charge in [-0.2, -0.15) is 0 Å². The molecule has 2 aromatic heterocycles. The van der Waals surface area contributed by atoms with E-state index < -0.39 is 6.16 Å². The Labute approximate surface area is 252 Å². The number of aryl methyl sites for hydroxylation is 1. The van der Waals surface area contributed by atoms with Crippen molar-refractivity contribution in [1.82, 2.24) is 20.2 Å². The fourth-order valence-corrected chi connectivity index (χ4v) is 4.77. The van der Waals surface area contributed by atoms with Crippen LogP contribution in [0, 0.1) is 6.92 Å². The average Bonchev–Trinajstić information content (AvgIpc) is 2.92. The van der Waals surface area contributed by atoms with E-state index in [0.29, 0.717) is 28.8 Å². The molecule has 1 fully saturated rings. The Kier molecular flexibility index (Phi) is 13.8. The topological polar surface area (TPSA) is 125 Å². The summed E-state index contributed by atoms with van der Waals surface area (Å²) in [7, 11) is 4.08. The Bertz CT molecular complexity index is 1300. The molecule has 1 aliphatic carbocycles. The third kappa shape index (κ3) is 10.5. The van der Waals surface area contributed by atoms with Crippen LogP contribution in [0.4, 0.5) is 4.79 Å². The van der Waals surface area contributed by atoms with Crippen LogP contribution in [0.2, 0.25) is 5.02 Å². The van der Waals surface area contributed by atoms with Crippen molar-refractivity contribution in [3.05, 3.63) is 65.1 Å². The molecule has 0 aliphatic heterocycles. The first-order valence-electron chi connectivity index (χ1n) is 13.4. The van der Waals surface area contributed by atoms with Crippen molar-refractivity contribution in [2.24, 2.45) is 0 Å². The van der Waals surface area contributed by atoms with Gasteiger partial charge in [0.05, 0.1) is 17.3 Å². The van der Waals surface area contributed by atoms with Crippen LogP contribution >= 0.6 is 24.0 Å². The van der Waals surface area contributed by atoms with E-state index in [1.54, 1.807) is 12.3 Å². The van der Waals surface area contributed by atoms with Crippen molar-refractivity contribution in [2.75, 3.05) is 27.2 Å². The van der Waals surface area contributed by atoms with Gasteiger partial charge in [0.15, 0.2) is 0 Å². The van der Waals surface area contributed by atoms with Gasteiger partial charge in [0.1, 0.15) is 11.4 Å². The van der Waals surface area contributed by atoms with E-state index in [1.165, 1.54) is 6.42 Å². The highest BCUT2D eigenvalue weighted by molar-refractivity contribution is 6.32. The number of carbonyl (C=O) groups excluding carboxylic acids is 1. The number of nitrogens with one attached hydrogen (secondary N) is 1. The van der Waals surface area contributed by atoms with E-state index >= 15 is 0 Å². The second kappa shape index (κ2) is 16.8. The molecule has 41 heavy (non-hydrogen) atoms. The number of aromatic nitrogens is 2. The summed E-state index contributed by atoms with van der Waals surface area (Å²) in [6.07, 6.45) is 8.28. The smallest absolute Gasteiger partial charge is 0.492 e. The number of benzene rings is 1. The normalized spacial score (nSPS) is 13.0. The molecule has 0 saturated heterocycles. The van der Waals surface area contributed by atoms with Crippen LogP contribution in [-0.4, -0.2) is 70.4 Å². The first-order chi connectivity index (χ1) is 19.2. The van der Waals surface area contributed by atoms with E-state index in [1.807, 2.05) is 57.5 Å². The van der Waals surface area contributed by atoms with Gasteiger partial charge in [0, 0.05) is 41.7 Å². The van der Waals surface area contributed by atoms with Gasteiger partial charge in [0.25, 0.3) is 5.91 Å². The predicted octanol–water partition coefficient (Wildman–Crippen LogP) is 6.81. The van der Waals surface area contributed by atoms with Crippen LogP contribution < -0.4 is 10.1 Å². The molecule has 1 saturated carbocycles. The minimum absolute atomic E-state index is 0. The number of carboxylic acid groups (broad SMARTS) is 2. The summed E-state index contributed by atoms with van der Waals surface area (Å²) in [5.74, 6) is 0.479. The molecule has 3 N–H and O–H groups in total. The zero-order valence-corrected chi connectivity index (χ0v) is 25.2.